The van der Waals surface area contributed by atoms with Gasteiger partial charge in [0.05, 0.1) is 0 Å². The Balaban J connectivity index is 0.000000477. The lowest BCUT2D eigenvalue weighted by atomic mass is 9.86. The molecule has 0 unspecified atom stereocenters. The zero-order valence-corrected chi connectivity index (χ0v) is 31.2. The predicted octanol–water partition coefficient (Wildman–Crippen LogP) is 14.7. The van der Waals surface area contributed by atoms with Crippen LogP contribution in [0.5, 0.6) is 0 Å². The second-order valence-electron chi connectivity index (χ2n) is 13.8. The molecule has 9 aromatic rings. The van der Waals surface area contributed by atoms with Crippen LogP contribution in [0.25, 0.3) is 54.9 Å². The van der Waals surface area contributed by atoms with Crippen LogP contribution in [0.1, 0.15) is 16.7 Å². The molecule has 9 aromatic carbocycles. The van der Waals surface area contributed by atoms with Gasteiger partial charge in [-0.15, -0.1) is 6.42 Å². The Morgan fingerprint density at radius 2 is 0.855 bits per heavy atom. The summed E-state index contributed by atoms with van der Waals surface area (Å²) in [5.74, 6) is 2.53. The number of benzene rings is 9. The fourth-order valence-electron chi connectivity index (χ4n) is 7.55. The molecule has 0 aliphatic heterocycles. The second kappa shape index (κ2) is 15.8. The fourth-order valence-corrected chi connectivity index (χ4v) is 7.55. The fraction of sp³-hybridized carbons (Fsp3) is 0.0370. The number of para-hydroxylation sites is 1. The van der Waals surface area contributed by atoms with E-state index in [1.54, 1.807) is 0 Å². The van der Waals surface area contributed by atoms with Gasteiger partial charge in [-0.05, 0) is 134 Å². The zero-order valence-electron chi connectivity index (χ0n) is 31.2. The Hall–Kier alpha value is -7.14. The highest BCUT2D eigenvalue weighted by molar-refractivity contribution is 6.16. The summed E-state index contributed by atoms with van der Waals surface area (Å²) in [5.41, 5.74) is 14.3. The molecule has 0 aliphatic carbocycles. The minimum atomic E-state index is 0.938. The van der Waals surface area contributed by atoms with Gasteiger partial charge in [0, 0.05) is 22.6 Å². The summed E-state index contributed by atoms with van der Waals surface area (Å²) in [4.78, 5) is 2.34. The van der Waals surface area contributed by atoms with Crippen LogP contribution in [0.2, 0.25) is 0 Å². The molecule has 9 rings (SSSR count). The van der Waals surface area contributed by atoms with Crippen LogP contribution in [0, 0.1) is 26.2 Å². The van der Waals surface area contributed by atoms with Crippen molar-refractivity contribution in [1.82, 2.24) is 0 Å². The molecule has 1 heteroatoms. The average Bonchev–Trinajstić information content (AvgIpc) is 3.26. The number of terminal acetylenes is 1. The lowest BCUT2D eigenvalue weighted by molar-refractivity contribution is 1.28. The van der Waals surface area contributed by atoms with Crippen LogP contribution < -0.4 is 4.90 Å². The minimum Gasteiger partial charge on any atom is -0.310 e. The molecule has 0 saturated heterocycles. The van der Waals surface area contributed by atoms with Gasteiger partial charge in [0.15, 0.2) is 0 Å². The van der Waals surface area contributed by atoms with Crippen molar-refractivity contribution in [2.24, 2.45) is 0 Å². The molecule has 0 spiro atoms. The second-order valence-corrected chi connectivity index (χ2v) is 13.8. The summed E-state index contributed by atoms with van der Waals surface area (Å²) < 4.78 is 0. The maximum Gasteiger partial charge on any atom is 0.0467 e. The van der Waals surface area contributed by atoms with Crippen molar-refractivity contribution < 1.29 is 0 Å². The quantitative estimate of drug-likeness (QED) is 0.123. The number of fused-ring (bicyclic) bond motifs is 3. The number of anilines is 3. The third kappa shape index (κ3) is 7.27. The van der Waals surface area contributed by atoms with Crippen LogP contribution in [-0.4, -0.2) is 0 Å². The van der Waals surface area contributed by atoms with Crippen molar-refractivity contribution in [3.63, 3.8) is 0 Å². The summed E-state index contributed by atoms with van der Waals surface area (Å²) in [6.07, 6.45) is 5.10. The molecule has 0 atom stereocenters. The van der Waals surface area contributed by atoms with Crippen molar-refractivity contribution in [2.45, 2.75) is 13.8 Å². The molecular weight excluding hydrogens is 663 g/mol. The van der Waals surface area contributed by atoms with Gasteiger partial charge >= 0.3 is 0 Å². The van der Waals surface area contributed by atoms with Crippen LogP contribution in [0.3, 0.4) is 0 Å². The highest BCUT2D eigenvalue weighted by atomic mass is 15.1. The Labute approximate surface area is 324 Å². The molecule has 0 aliphatic rings. The van der Waals surface area contributed by atoms with E-state index in [1.165, 1.54) is 66.1 Å². The number of nitrogens with zero attached hydrogens (tertiary/aromatic N) is 1. The first kappa shape index (κ1) is 34.9. The highest BCUT2D eigenvalue weighted by Gasteiger charge is 2.17. The van der Waals surface area contributed by atoms with Gasteiger partial charge in [0.25, 0.3) is 0 Å². The first-order chi connectivity index (χ1) is 27.1. The lowest BCUT2D eigenvalue weighted by Gasteiger charge is -2.26. The largest absolute Gasteiger partial charge is 0.310 e. The van der Waals surface area contributed by atoms with Crippen molar-refractivity contribution in [1.29, 1.82) is 0 Å². The Morgan fingerprint density at radius 1 is 0.382 bits per heavy atom. The van der Waals surface area contributed by atoms with E-state index in [0.717, 1.165) is 22.6 Å². The standard InChI is InChI=1S/C46H35N.C8H6/c1-32-24-25-37(31-45(32)46-33(2)41-20-9-10-21-42(41)43-22-11-12-23-44(43)46)36-16-13-19-40(30-36)47(38-17-7-4-8-18-38)39-28-26-35(27-29-39)34-14-5-3-6-15-34;1-2-8-6-4-3-5-7-8/h3-31H,1-2H3;1,3-7H. The Bertz CT molecular complexity index is 2760. The van der Waals surface area contributed by atoms with Crippen molar-refractivity contribution in [3.8, 4) is 45.7 Å². The first-order valence-corrected chi connectivity index (χ1v) is 18.7. The SMILES string of the molecule is C#Cc1ccccc1.Cc1ccc(-c2cccc(N(c3ccccc3)c3ccc(-c4ccccc4)cc3)c2)cc1-c1c(C)c2ccccc2c2ccccc12. The third-order valence-corrected chi connectivity index (χ3v) is 10.3. The zero-order chi connectivity index (χ0) is 37.6. The molecule has 0 heterocycles. The minimum absolute atomic E-state index is 0.938. The first-order valence-electron chi connectivity index (χ1n) is 18.7. The summed E-state index contributed by atoms with van der Waals surface area (Å²) in [6, 6.07) is 73.2. The molecule has 1 nitrogen and oxygen atoms in total. The van der Waals surface area contributed by atoms with E-state index in [1.807, 2.05) is 30.3 Å². The summed E-state index contributed by atoms with van der Waals surface area (Å²) >= 11 is 0. The maximum absolute atomic E-state index is 5.10. The third-order valence-electron chi connectivity index (χ3n) is 10.3. The van der Waals surface area contributed by atoms with Crippen LogP contribution in [-0.2, 0) is 0 Å². The van der Waals surface area contributed by atoms with Gasteiger partial charge in [-0.3, -0.25) is 0 Å². The van der Waals surface area contributed by atoms with E-state index >= 15 is 0 Å². The van der Waals surface area contributed by atoms with E-state index in [2.05, 4.69) is 201 Å². The van der Waals surface area contributed by atoms with Crippen LogP contribution in [0.15, 0.2) is 206 Å². The van der Waals surface area contributed by atoms with Gasteiger partial charge in [-0.1, -0.05) is 158 Å². The summed E-state index contributed by atoms with van der Waals surface area (Å²) in [5, 5.41) is 5.22. The van der Waals surface area contributed by atoms with Gasteiger partial charge in [-0.2, -0.15) is 0 Å². The molecular formula is C54H41N. The highest BCUT2D eigenvalue weighted by Crippen LogP contribution is 2.42. The molecule has 262 valence electrons. The van der Waals surface area contributed by atoms with Crippen molar-refractivity contribution in [2.75, 3.05) is 4.90 Å². The summed E-state index contributed by atoms with van der Waals surface area (Å²) in [6.45, 7) is 4.51. The monoisotopic (exact) mass is 703 g/mol. The van der Waals surface area contributed by atoms with Crippen LogP contribution >= 0.6 is 0 Å². The van der Waals surface area contributed by atoms with Gasteiger partial charge in [0.1, 0.15) is 0 Å². The molecule has 0 aromatic heterocycles. The van der Waals surface area contributed by atoms with Gasteiger partial charge in [0.2, 0.25) is 0 Å². The molecule has 0 radical (unpaired) electrons. The molecule has 55 heavy (non-hydrogen) atoms. The molecule has 0 fully saturated rings. The number of hydrogen-bond acceptors (Lipinski definition) is 1. The topological polar surface area (TPSA) is 3.24 Å². The van der Waals surface area contributed by atoms with Crippen molar-refractivity contribution in [3.05, 3.63) is 223 Å². The molecule has 0 bridgehead atoms. The smallest absolute Gasteiger partial charge is 0.0467 e. The maximum atomic E-state index is 5.10. The van der Waals surface area contributed by atoms with E-state index < -0.39 is 0 Å². The molecule has 0 saturated carbocycles. The molecule has 0 amide bonds. The van der Waals surface area contributed by atoms with Gasteiger partial charge in [-0.25, -0.2) is 0 Å². The van der Waals surface area contributed by atoms with Crippen LogP contribution in [0.4, 0.5) is 17.1 Å². The van der Waals surface area contributed by atoms with E-state index in [9.17, 15) is 0 Å². The van der Waals surface area contributed by atoms with Gasteiger partial charge < -0.3 is 4.90 Å². The Morgan fingerprint density at radius 3 is 1.51 bits per heavy atom. The Kier molecular flexibility index (Phi) is 10.1. The number of hydrogen-bond donors (Lipinski definition) is 0. The normalized spacial score (nSPS) is 10.7. The lowest BCUT2D eigenvalue weighted by Crippen LogP contribution is -2.09. The predicted molar refractivity (Wildman–Crippen MR) is 236 cm³/mol. The van der Waals surface area contributed by atoms with E-state index in [-0.39, 0.29) is 0 Å². The summed E-state index contributed by atoms with van der Waals surface area (Å²) in [7, 11) is 0. The number of aryl methyl sites for hydroxylation is 2. The average molecular weight is 704 g/mol. The van der Waals surface area contributed by atoms with E-state index in [4.69, 9.17) is 6.42 Å². The van der Waals surface area contributed by atoms with Crippen molar-refractivity contribution >= 4 is 38.6 Å². The number of rotatable bonds is 6. The molecule has 0 N–H and O–H groups in total. The van der Waals surface area contributed by atoms with E-state index in [0.29, 0.717) is 0 Å².